The van der Waals surface area contributed by atoms with Crippen molar-refractivity contribution in [3.05, 3.63) is 209 Å². The molecule has 0 atom stereocenters. The van der Waals surface area contributed by atoms with Crippen molar-refractivity contribution in [1.82, 2.24) is 0 Å². The number of nitrogens with zero attached hydrogens (tertiary/aromatic N) is 1. The second-order valence-corrected chi connectivity index (χ2v) is 26.5. The maximum Gasteiger partial charge on any atom is 0.0540 e. The van der Waals surface area contributed by atoms with Crippen molar-refractivity contribution in [2.75, 3.05) is 4.90 Å². The van der Waals surface area contributed by atoms with Gasteiger partial charge in [0.1, 0.15) is 0 Å². The predicted octanol–water partition coefficient (Wildman–Crippen LogP) is 20.6. The average molecular weight is 946 g/mol. The number of benzene rings is 8. The van der Waals surface area contributed by atoms with E-state index in [2.05, 4.69) is 292 Å². The first-order valence-corrected chi connectivity index (χ1v) is 26.4. The molecule has 0 heterocycles. The summed E-state index contributed by atoms with van der Waals surface area (Å²) in [6, 6.07) is 65.5. The monoisotopic (exact) mass is 946 g/mol. The molecule has 8 aromatic carbocycles. The number of para-hydroxylation sites is 1. The van der Waals surface area contributed by atoms with E-state index in [0.717, 1.165) is 17.1 Å². The van der Waals surface area contributed by atoms with Gasteiger partial charge in [0.15, 0.2) is 0 Å². The molecular weight excluding hydrogens is 867 g/mol. The van der Waals surface area contributed by atoms with Crippen LogP contribution in [0.1, 0.15) is 157 Å². The van der Waals surface area contributed by atoms with Crippen LogP contribution < -0.4 is 4.90 Å². The lowest BCUT2D eigenvalue weighted by Gasteiger charge is -2.32. The summed E-state index contributed by atoms with van der Waals surface area (Å²) < 4.78 is 0. The van der Waals surface area contributed by atoms with Crippen LogP contribution in [0.4, 0.5) is 17.1 Å². The highest BCUT2D eigenvalue weighted by Gasteiger charge is 2.36. The van der Waals surface area contributed by atoms with Gasteiger partial charge in [0, 0.05) is 22.4 Å². The first kappa shape index (κ1) is 50.5. The molecule has 0 aliphatic heterocycles. The maximum absolute atomic E-state index is 2.53. The van der Waals surface area contributed by atoms with Crippen molar-refractivity contribution >= 4 is 17.1 Å². The van der Waals surface area contributed by atoms with E-state index in [1.165, 1.54) is 94.6 Å². The lowest BCUT2D eigenvalue weighted by atomic mass is 9.78. The van der Waals surface area contributed by atoms with E-state index in [9.17, 15) is 0 Å². The van der Waals surface area contributed by atoms with E-state index < -0.39 is 0 Å². The summed E-state index contributed by atoms with van der Waals surface area (Å²) in [5.74, 6) is 0. The Bertz CT molecular complexity index is 3270. The maximum atomic E-state index is 2.53. The Morgan fingerprint density at radius 1 is 0.278 bits per heavy atom. The van der Waals surface area contributed by atoms with Gasteiger partial charge in [-0.05, 0) is 152 Å². The molecule has 0 fully saturated rings. The van der Waals surface area contributed by atoms with Crippen LogP contribution in [0.15, 0.2) is 170 Å². The van der Waals surface area contributed by atoms with Gasteiger partial charge in [0.05, 0.1) is 5.69 Å². The van der Waals surface area contributed by atoms with Gasteiger partial charge in [0.25, 0.3) is 0 Å². The summed E-state index contributed by atoms with van der Waals surface area (Å²) in [6.45, 7) is 39.6. The minimum Gasteiger partial charge on any atom is -0.310 e. The molecule has 72 heavy (non-hydrogen) atoms. The number of anilines is 3. The Morgan fingerprint density at radius 2 is 0.681 bits per heavy atom. The molecule has 0 saturated carbocycles. The minimum absolute atomic E-state index is 0.0259. The van der Waals surface area contributed by atoms with Gasteiger partial charge < -0.3 is 4.90 Å². The summed E-state index contributed by atoms with van der Waals surface area (Å²) in [5, 5.41) is 0. The molecule has 0 saturated heterocycles. The van der Waals surface area contributed by atoms with Gasteiger partial charge in [-0.25, -0.2) is 0 Å². The zero-order chi connectivity index (χ0) is 51.9. The molecular formula is C71H79N. The summed E-state index contributed by atoms with van der Waals surface area (Å²) >= 11 is 0. The van der Waals surface area contributed by atoms with Gasteiger partial charge in [-0.2, -0.15) is 0 Å². The molecule has 368 valence electrons. The molecule has 8 aromatic rings. The first-order valence-electron chi connectivity index (χ1n) is 26.4. The molecule has 1 aliphatic carbocycles. The van der Waals surface area contributed by atoms with Crippen LogP contribution in [0.25, 0.3) is 55.6 Å². The fraction of sp³-hybridized carbons (Fsp3) is 0.324. The minimum atomic E-state index is -0.144. The third-order valence-electron chi connectivity index (χ3n) is 15.4. The van der Waals surface area contributed by atoms with Crippen molar-refractivity contribution in [3.63, 3.8) is 0 Å². The van der Waals surface area contributed by atoms with Gasteiger partial charge in [-0.15, -0.1) is 0 Å². The molecule has 0 bridgehead atoms. The standard InChI is InChI=1S/C71H79N/c1-66(2,3)53-32-30-48(31-33-53)60-22-19-21-25-65(60)72(58-34-35-62-61-23-18-20-24-63(61)71(16,17)64(62)45-58)59-42-52(41-57(44-59)70(13,14)15)47-28-26-46(27-29-47)49-36-50(38-54(37-49)67(4,5)6)51-39-55(68(7,8)9)43-56(40-51)69(10,11)12/h18-45H,1-17H3. The van der Waals surface area contributed by atoms with Gasteiger partial charge in [-0.1, -0.05) is 251 Å². The second-order valence-electron chi connectivity index (χ2n) is 26.5. The van der Waals surface area contributed by atoms with Crippen molar-refractivity contribution in [3.8, 4) is 55.6 Å². The third-order valence-corrected chi connectivity index (χ3v) is 15.4. The number of hydrogen-bond acceptors (Lipinski definition) is 1. The molecule has 0 unspecified atom stereocenters. The fourth-order valence-electron chi connectivity index (χ4n) is 10.6. The Labute approximate surface area is 434 Å². The van der Waals surface area contributed by atoms with E-state index >= 15 is 0 Å². The van der Waals surface area contributed by atoms with E-state index in [1.807, 2.05) is 0 Å². The topological polar surface area (TPSA) is 3.24 Å². The lowest BCUT2D eigenvalue weighted by molar-refractivity contribution is 0.569. The lowest BCUT2D eigenvalue weighted by Crippen LogP contribution is -2.18. The molecule has 0 aromatic heterocycles. The van der Waals surface area contributed by atoms with E-state index in [0.29, 0.717) is 0 Å². The highest BCUT2D eigenvalue weighted by molar-refractivity contribution is 5.92. The van der Waals surface area contributed by atoms with E-state index in [1.54, 1.807) is 0 Å². The molecule has 0 spiro atoms. The highest BCUT2D eigenvalue weighted by atomic mass is 15.1. The number of hydrogen-bond donors (Lipinski definition) is 0. The smallest absolute Gasteiger partial charge is 0.0540 e. The Kier molecular flexibility index (Phi) is 12.6. The number of rotatable bonds is 7. The van der Waals surface area contributed by atoms with E-state index in [-0.39, 0.29) is 32.5 Å². The van der Waals surface area contributed by atoms with Crippen molar-refractivity contribution in [1.29, 1.82) is 0 Å². The average Bonchev–Trinajstić information content (AvgIpc) is 3.55. The summed E-state index contributed by atoms with van der Waals surface area (Å²) in [7, 11) is 0. The normalized spacial score (nSPS) is 13.7. The summed E-state index contributed by atoms with van der Waals surface area (Å²) in [6.07, 6.45) is 0. The SMILES string of the molecule is CC(C)(C)c1ccc(-c2ccccc2N(c2cc(-c3ccc(-c4cc(-c5cc(C(C)(C)C)cc(C(C)(C)C)c5)cc(C(C)(C)C)c4)cc3)cc(C(C)(C)C)c2)c2ccc3c(c2)C(C)(C)c2ccccc2-3)cc1. The molecule has 9 rings (SSSR count). The quantitative estimate of drug-likeness (QED) is 0.154. The highest BCUT2D eigenvalue weighted by Crippen LogP contribution is 2.52. The van der Waals surface area contributed by atoms with Gasteiger partial charge in [0.2, 0.25) is 0 Å². The molecule has 0 radical (unpaired) electrons. The summed E-state index contributed by atoms with van der Waals surface area (Å²) in [5.41, 5.74) is 25.2. The molecule has 0 N–H and O–H groups in total. The molecule has 1 nitrogen and oxygen atoms in total. The third kappa shape index (κ3) is 9.89. The molecule has 0 amide bonds. The first-order chi connectivity index (χ1) is 33.6. The fourth-order valence-corrected chi connectivity index (χ4v) is 10.6. The second kappa shape index (κ2) is 17.9. The number of fused-ring (bicyclic) bond motifs is 3. The van der Waals surface area contributed by atoms with Crippen LogP contribution in [-0.2, 0) is 32.5 Å². The van der Waals surface area contributed by atoms with E-state index in [4.69, 9.17) is 0 Å². The van der Waals surface area contributed by atoms with Crippen LogP contribution in [-0.4, -0.2) is 0 Å². The van der Waals surface area contributed by atoms with Crippen molar-refractivity contribution in [2.24, 2.45) is 0 Å². The largest absolute Gasteiger partial charge is 0.310 e. The Balaban J connectivity index is 1.20. The van der Waals surface area contributed by atoms with Crippen LogP contribution >= 0.6 is 0 Å². The van der Waals surface area contributed by atoms with Crippen molar-refractivity contribution in [2.45, 2.75) is 150 Å². The van der Waals surface area contributed by atoms with Gasteiger partial charge in [-0.3, -0.25) is 0 Å². The summed E-state index contributed by atoms with van der Waals surface area (Å²) in [4.78, 5) is 2.53. The predicted molar refractivity (Wildman–Crippen MR) is 314 cm³/mol. The van der Waals surface area contributed by atoms with Crippen LogP contribution in [0.2, 0.25) is 0 Å². The molecule has 1 aliphatic rings. The van der Waals surface area contributed by atoms with Crippen LogP contribution in [0.3, 0.4) is 0 Å². The zero-order valence-corrected chi connectivity index (χ0v) is 46.6. The Morgan fingerprint density at radius 3 is 1.21 bits per heavy atom. The molecule has 1 heteroatoms. The van der Waals surface area contributed by atoms with Crippen molar-refractivity contribution < 1.29 is 0 Å². The van der Waals surface area contributed by atoms with Crippen LogP contribution in [0, 0.1) is 0 Å². The zero-order valence-electron chi connectivity index (χ0n) is 46.6. The van der Waals surface area contributed by atoms with Gasteiger partial charge >= 0.3 is 0 Å². The Hall–Kier alpha value is -6.44. The van der Waals surface area contributed by atoms with Crippen LogP contribution in [0.5, 0.6) is 0 Å².